The van der Waals surface area contributed by atoms with E-state index in [1.165, 1.54) is 4.88 Å². The van der Waals surface area contributed by atoms with Gasteiger partial charge in [0.1, 0.15) is 5.69 Å². The number of hydrogen-bond donors (Lipinski definition) is 0. The van der Waals surface area contributed by atoms with Crippen LogP contribution in [0.5, 0.6) is 0 Å². The molecule has 0 amide bonds. The average Bonchev–Trinajstić information content (AvgIpc) is 2.85. The third-order valence-electron chi connectivity index (χ3n) is 2.05. The molecule has 3 nitrogen and oxygen atoms in total. The number of imidazole rings is 1. The van der Waals surface area contributed by atoms with E-state index in [2.05, 4.69) is 21.5 Å². The lowest BCUT2D eigenvalue weighted by Gasteiger charge is -1.95. The molecule has 0 saturated heterocycles. The van der Waals surface area contributed by atoms with Gasteiger partial charge in [-0.05, 0) is 23.6 Å². The lowest BCUT2D eigenvalue weighted by Crippen LogP contribution is -1.90. The van der Waals surface area contributed by atoms with Crippen LogP contribution in [-0.2, 0) is 0 Å². The monoisotopic (exact) mass is 201 g/mol. The van der Waals surface area contributed by atoms with Crippen molar-refractivity contribution in [1.29, 1.82) is 0 Å². The SMILES string of the molecule is c1csc(-c2cnc3cccnn23)c1. The third-order valence-corrected chi connectivity index (χ3v) is 2.94. The third kappa shape index (κ3) is 1.04. The van der Waals surface area contributed by atoms with Gasteiger partial charge in [-0.2, -0.15) is 5.10 Å². The molecule has 0 spiro atoms. The van der Waals surface area contributed by atoms with Gasteiger partial charge in [0.2, 0.25) is 0 Å². The van der Waals surface area contributed by atoms with Crippen LogP contribution in [0.1, 0.15) is 0 Å². The highest BCUT2D eigenvalue weighted by molar-refractivity contribution is 7.13. The number of rotatable bonds is 1. The van der Waals surface area contributed by atoms with Gasteiger partial charge in [-0.15, -0.1) is 11.3 Å². The first-order valence-electron chi connectivity index (χ1n) is 4.28. The molecule has 0 N–H and O–H groups in total. The quantitative estimate of drug-likeness (QED) is 0.605. The molecule has 3 aromatic heterocycles. The Kier molecular flexibility index (Phi) is 1.61. The molecule has 0 fully saturated rings. The van der Waals surface area contributed by atoms with Gasteiger partial charge in [0.15, 0.2) is 5.65 Å². The summed E-state index contributed by atoms with van der Waals surface area (Å²) in [7, 11) is 0. The minimum absolute atomic E-state index is 0.885. The van der Waals surface area contributed by atoms with Gasteiger partial charge in [-0.3, -0.25) is 0 Å². The number of fused-ring (bicyclic) bond motifs is 1. The molecule has 3 rings (SSSR count). The van der Waals surface area contributed by atoms with Gasteiger partial charge < -0.3 is 0 Å². The second kappa shape index (κ2) is 2.92. The molecule has 14 heavy (non-hydrogen) atoms. The van der Waals surface area contributed by atoms with Crippen molar-refractivity contribution in [3.63, 3.8) is 0 Å². The van der Waals surface area contributed by atoms with Crippen molar-refractivity contribution in [2.45, 2.75) is 0 Å². The number of thiophene rings is 1. The van der Waals surface area contributed by atoms with E-state index in [-0.39, 0.29) is 0 Å². The van der Waals surface area contributed by atoms with Crippen LogP contribution >= 0.6 is 11.3 Å². The Labute approximate surface area is 84.7 Å². The van der Waals surface area contributed by atoms with Gasteiger partial charge >= 0.3 is 0 Å². The highest BCUT2D eigenvalue weighted by atomic mass is 32.1. The van der Waals surface area contributed by atoms with Gasteiger partial charge in [0.05, 0.1) is 11.1 Å². The predicted molar refractivity (Wildman–Crippen MR) is 56.3 cm³/mol. The fourth-order valence-electron chi connectivity index (χ4n) is 1.42. The van der Waals surface area contributed by atoms with Crippen LogP contribution in [0.15, 0.2) is 42.0 Å². The molecular weight excluding hydrogens is 194 g/mol. The van der Waals surface area contributed by atoms with E-state index in [0.29, 0.717) is 0 Å². The van der Waals surface area contributed by atoms with E-state index in [0.717, 1.165) is 11.3 Å². The standard InChI is InChI=1S/C10H7N3S/c1-4-10-11-7-8(13(10)12-5-1)9-3-2-6-14-9/h1-7H. The summed E-state index contributed by atoms with van der Waals surface area (Å²) in [6.45, 7) is 0. The van der Waals surface area contributed by atoms with Crippen molar-refractivity contribution in [1.82, 2.24) is 14.6 Å². The number of hydrogen-bond acceptors (Lipinski definition) is 3. The van der Waals surface area contributed by atoms with E-state index in [1.807, 2.05) is 28.9 Å². The summed E-state index contributed by atoms with van der Waals surface area (Å²) in [5.74, 6) is 0. The summed E-state index contributed by atoms with van der Waals surface area (Å²) < 4.78 is 1.85. The molecule has 0 unspecified atom stereocenters. The highest BCUT2D eigenvalue weighted by Crippen LogP contribution is 2.24. The van der Waals surface area contributed by atoms with E-state index in [4.69, 9.17) is 0 Å². The van der Waals surface area contributed by atoms with Crippen LogP contribution < -0.4 is 0 Å². The molecule has 0 atom stereocenters. The van der Waals surface area contributed by atoms with Crippen molar-refractivity contribution in [3.8, 4) is 10.6 Å². The van der Waals surface area contributed by atoms with Crippen LogP contribution in [-0.4, -0.2) is 14.6 Å². The summed E-state index contributed by atoms with van der Waals surface area (Å²) in [4.78, 5) is 5.47. The smallest absolute Gasteiger partial charge is 0.154 e. The Hall–Kier alpha value is -1.68. The Balaban J connectivity index is 2.33. The molecule has 0 aliphatic carbocycles. The molecule has 0 bridgehead atoms. The van der Waals surface area contributed by atoms with Crippen LogP contribution in [0.25, 0.3) is 16.2 Å². The molecule has 3 aromatic rings. The maximum absolute atomic E-state index is 4.28. The minimum Gasteiger partial charge on any atom is -0.235 e. The van der Waals surface area contributed by atoms with Gasteiger partial charge in [0.25, 0.3) is 0 Å². The maximum Gasteiger partial charge on any atom is 0.154 e. The minimum atomic E-state index is 0.885. The van der Waals surface area contributed by atoms with Crippen molar-refractivity contribution >= 4 is 17.0 Å². The second-order valence-electron chi connectivity index (χ2n) is 2.91. The van der Waals surface area contributed by atoms with Crippen molar-refractivity contribution in [2.75, 3.05) is 0 Å². The summed E-state index contributed by atoms with van der Waals surface area (Å²) in [6.07, 6.45) is 3.62. The maximum atomic E-state index is 4.28. The largest absolute Gasteiger partial charge is 0.235 e. The van der Waals surface area contributed by atoms with Crippen molar-refractivity contribution in [2.24, 2.45) is 0 Å². The summed E-state index contributed by atoms with van der Waals surface area (Å²) in [5, 5.41) is 6.31. The number of nitrogens with zero attached hydrogens (tertiary/aromatic N) is 3. The second-order valence-corrected chi connectivity index (χ2v) is 3.86. The van der Waals surface area contributed by atoms with E-state index < -0.39 is 0 Å². The lowest BCUT2D eigenvalue weighted by molar-refractivity contribution is 0.944. The summed E-state index contributed by atoms with van der Waals surface area (Å²) >= 11 is 1.69. The predicted octanol–water partition coefficient (Wildman–Crippen LogP) is 2.46. The topological polar surface area (TPSA) is 30.2 Å². The van der Waals surface area contributed by atoms with E-state index in [9.17, 15) is 0 Å². The average molecular weight is 201 g/mol. The zero-order valence-electron chi connectivity index (χ0n) is 7.29. The Morgan fingerprint density at radius 1 is 1.21 bits per heavy atom. The summed E-state index contributed by atoms with van der Waals surface area (Å²) in [5.41, 5.74) is 1.94. The van der Waals surface area contributed by atoms with Crippen LogP contribution in [0.3, 0.4) is 0 Å². The molecule has 3 heterocycles. The van der Waals surface area contributed by atoms with Gasteiger partial charge in [0, 0.05) is 6.20 Å². The fraction of sp³-hybridized carbons (Fsp3) is 0. The molecule has 0 saturated carbocycles. The highest BCUT2D eigenvalue weighted by Gasteiger charge is 2.05. The van der Waals surface area contributed by atoms with Crippen LogP contribution in [0.2, 0.25) is 0 Å². The fourth-order valence-corrected chi connectivity index (χ4v) is 2.14. The van der Waals surface area contributed by atoms with Gasteiger partial charge in [-0.25, -0.2) is 9.50 Å². The molecular formula is C10H7N3S. The Morgan fingerprint density at radius 2 is 2.21 bits per heavy atom. The first-order valence-corrected chi connectivity index (χ1v) is 5.16. The zero-order valence-corrected chi connectivity index (χ0v) is 8.11. The first-order chi connectivity index (χ1) is 6.95. The summed E-state index contributed by atoms with van der Waals surface area (Å²) in [6, 6.07) is 7.94. The first kappa shape index (κ1) is 7.70. The normalized spacial score (nSPS) is 10.9. The molecule has 0 radical (unpaired) electrons. The Morgan fingerprint density at radius 3 is 3.07 bits per heavy atom. The molecule has 0 aliphatic heterocycles. The van der Waals surface area contributed by atoms with Crippen molar-refractivity contribution in [3.05, 3.63) is 42.0 Å². The lowest BCUT2D eigenvalue weighted by atomic mass is 10.4. The van der Waals surface area contributed by atoms with Gasteiger partial charge in [-0.1, -0.05) is 6.07 Å². The van der Waals surface area contributed by atoms with E-state index >= 15 is 0 Å². The molecule has 0 aliphatic rings. The van der Waals surface area contributed by atoms with Crippen LogP contribution in [0.4, 0.5) is 0 Å². The zero-order chi connectivity index (χ0) is 9.38. The molecule has 4 heteroatoms. The number of aromatic nitrogens is 3. The molecule has 68 valence electrons. The van der Waals surface area contributed by atoms with Crippen molar-refractivity contribution < 1.29 is 0 Å². The van der Waals surface area contributed by atoms with E-state index in [1.54, 1.807) is 17.5 Å². The molecule has 0 aromatic carbocycles. The Bertz CT molecular complexity index is 554. The van der Waals surface area contributed by atoms with Crippen LogP contribution in [0, 0.1) is 0 Å².